The SMILES string of the molecule is CCn1cc(C(=O)OCCc2c(C)n[nH]c2C)cn1. The molecule has 0 unspecified atom stereocenters. The predicted octanol–water partition coefficient (Wildman–Crippen LogP) is 1.64. The molecule has 19 heavy (non-hydrogen) atoms. The number of H-pyrrole nitrogens is 1. The van der Waals surface area contributed by atoms with Gasteiger partial charge < -0.3 is 4.74 Å². The molecule has 0 saturated heterocycles. The highest BCUT2D eigenvalue weighted by molar-refractivity contribution is 5.88. The number of rotatable bonds is 5. The monoisotopic (exact) mass is 262 g/mol. The Hall–Kier alpha value is -2.11. The zero-order valence-corrected chi connectivity index (χ0v) is 11.4. The molecule has 0 spiro atoms. The van der Waals surface area contributed by atoms with Gasteiger partial charge in [-0.25, -0.2) is 4.79 Å². The molecule has 2 aromatic rings. The molecular formula is C13H18N4O2. The fourth-order valence-corrected chi connectivity index (χ4v) is 1.91. The average Bonchev–Trinajstić information content (AvgIpc) is 2.99. The average molecular weight is 262 g/mol. The molecule has 0 aliphatic carbocycles. The summed E-state index contributed by atoms with van der Waals surface area (Å²) in [4.78, 5) is 11.8. The molecule has 0 bridgehead atoms. The van der Waals surface area contributed by atoms with Gasteiger partial charge in [0.2, 0.25) is 0 Å². The highest BCUT2D eigenvalue weighted by Gasteiger charge is 2.11. The van der Waals surface area contributed by atoms with Gasteiger partial charge in [-0.1, -0.05) is 0 Å². The topological polar surface area (TPSA) is 72.8 Å². The summed E-state index contributed by atoms with van der Waals surface area (Å²) in [6.45, 7) is 6.94. The Labute approximate surface area is 111 Å². The number of nitrogens with zero attached hydrogens (tertiary/aromatic N) is 3. The van der Waals surface area contributed by atoms with E-state index in [1.165, 1.54) is 6.20 Å². The van der Waals surface area contributed by atoms with Crippen LogP contribution in [0.2, 0.25) is 0 Å². The summed E-state index contributed by atoms with van der Waals surface area (Å²) in [5, 5.41) is 11.1. The number of esters is 1. The summed E-state index contributed by atoms with van der Waals surface area (Å²) < 4.78 is 6.93. The van der Waals surface area contributed by atoms with Gasteiger partial charge in [0.1, 0.15) is 0 Å². The minimum absolute atomic E-state index is 0.335. The van der Waals surface area contributed by atoms with Crippen LogP contribution in [0.15, 0.2) is 12.4 Å². The first-order valence-electron chi connectivity index (χ1n) is 6.31. The Morgan fingerprint density at radius 3 is 2.84 bits per heavy atom. The van der Waals surface area contributed by atoms with E-state index >= 15 is 0 Å². The van der Waals surface area contributed by atoms with E-state index in [1.807, 2.05) is 20.8 Å². The lowest BCUT2D eigenvalue weighted by atomic mass is 10.1. The third-order valence-electron chi connectivity index (χ3n) is 3.06. The first kappa shape index (κ1) is 13.3. The van der Waals surface area contributed by atoms with Crippen molar-refractivity contribution in [2.45, 2.75) is 33.7 Å². The molecule has 0 saturated carbocycles. The van der Waals surface area contributed by atoms with E-state index < -0.39 is 0 Å². The molecule has 102 valence electrons. The van der Waals surface area contributed by atoms with Gasteiger partial charge in [0, 0.05) is 24.9 Å². The van der Waals surface area contributed by atoms with Crippen LogP contribution in [-0.2, 0) is 17.7 Å². The number of aryl methyl sites for hydroxylation is 3. The molecule has 0 fully saturated rings. The normalized spacial score (nSPS) is 10.7. The Bertz CT molecular complexity index is 551. The van der Waals surface area contributed by atoms with Gasteiger partial charge in [0.15, 0.2) is 0 Å². The van der Waals surface area contributed by atoms with E-state index in [4.69, 9.17) is 4.74 Å². The van der Waals surface area contributed by atoms with Crippen molar-refractivity contribution in [1.29, 1.82) is 0 Å². The molecular weight excluding hydrogens is 244 g/mol. The molecule has 6 nitrogen and oxygen atoms in total. The first-order chi connectivity index (χ1) is 9.11. The van der Waals surface area contributed by atoms with Gasteiger partial charge in [-0.3, -0.25) is 9.78 Å². The van der Waals surface area contributed by atoms with E-state index in [-0.39, 0.29) is 5.97 Å². The second-order valence-electron chi connectivity index (χ2n) is 4.38. The lowest BCUT2D eigenvalue weighted by Crippen LogP contribution is -2.08. The number of aromatic nitrogens is 4. The molecule has 2 heterocycles. The van der Waals surface area contributed by atoms with Gasteiger partial charge >= 0.3 is 5.97 Å². The van der Waals surface area contributed by atoms with Crippen molar-refractivity contribution in [2.75, 3.05) is 6.61 Å². The number of carbonyl (C=O) groups excluding carboxylic acids is 1. The first-order valence-corrected chi connectivity index (χ1v) is 6.31. The van der Waals surface area contributed by atoms with Gasteiger partial charge in [0.25, 0.3) is 0 Å². The molecule has 0 atom stereocenters. The molecule has 2 rings (SSSR count). The molecule has 1 N–H and O–H groups in total. The molecule has 6 heteroatoms. The van der Waals surface area contributed by atoms with Crippen LogP contribution in [0.25, 0.3) is 0 Å². The van der Waals surface area contributed by atoms with Crippen LogP contribution in [0, 0.1) is 13.8 Å². The summed E-state index contributed by atoms with van der Waals surface area (Å²) in [5.41, 5.74) is 3.57. The Balaban J connectivity index is 1.87. The van der Waals surface area contributed by atoms with Crippen LogP contribution >= 0.6 is 0 Å². The second kappa shape index (κ2) is 5.69. The maximum Gasteiger partial charge on any atom is 0.341 e. The summed E-state index contributed by atoms with van der Waals surface area (Å²) in [6, 6.07) is 0. The highest BCUT2D eigenvalue weighted by atomic mass is 16.5. The molecule has 0 amide bonds. The number of hydrogen-bond donors (Lipinski definition) is 1. The molecule has 0 aliphatic heterocycles. The summed E-state index contributed by atoms with van der Waals surface area (Å²) in [5.74, 6) is -0.335. The number of ether oxygens (including phenoxy) is 1. The lowest BCUT2D eigenvalue weighted by molar-refractivity contribution is 0.0509. The van der Waals surface area contributed by atoms with Crippen LogP contribution in [0.1, 0.15) is 34.2 Å². The van der Waals surface area contributed by atoms with Crippen LogP contribution in [0.4, 0.5) is 0 Å². The van der Waals surface area contributed by atoms with Gasteiger partial charge in [0.05, 0.1) is 24.1 Å². The van der Waals surface area contributed by atoms with Crippen LogP contribution in [0.5, 0.6) is 0 Å². The Kier molecular flexibility index (Phi) is 3.99. The smallest absolute Gasteiger partial charge is 0.341 e. The van der Waals surface area contributed by atoms with Gasteiger partial charge in [-0.15, -0.1) is 0 Å². The predicted molar refractivity (Wildman–Crippen MR) is 69.9 cm³/mol. The van der Waals surface area contributed by atoms with E-state index in [9.17, 15) is 4.79 Å². The number of nitrogens with one attached hydrogen (secondary N) is 1. The molecule has 0 aliphatic rings. The van der Waals surface area contributed by atoms with Crippen LogP contribution in [-0.4, -0.2) is 32.6 Å². The van der Waals surface area contributed by atoms with Crippen molar-refractivity contribution in [1.82, 2.24) is 20.0 Å². The summed E-state index contributed by atoms with van der Waals surface area (Å²) in [6.07, 6.45) is 3.89. The fraction of sp³-hybridized carbons (Fsp3) is 0.462. The van der Waals surface area contributed by atoms with E-state index in [1.54, 1.807) is 10.9 Å². The Morgan fingerprint density at radius 2 is 2.26 bits per heavy atom. The van der Waals surface area contributed by atoms with Crippen LogP contribution in [0.3, 0.4) is 0 Å². The van der Waals surface area contributed by atoms with Crippen molar-refractivity contribution >= 4 is 5.97 Å². The van der Waals surface area contributed by atoms with E-state index in [0.717, 1.165) is 23.5 Å². The van der Waals surface area contributed by atoms with Crippen molar-refractivity contribution in [3.63, 3.8) is 0 Å². The lowest BCUT2D eigenvalue weighted by Gasteiger charge is -2.03. The third kappa shape index (κ3) is 3.01. The molecule has 0 aromatic carbocycles. The minimum atomic E-state index is -0.335. The Morgan fingerprint density at radius 1 is 1.47 bits per heavy atom. The highest BCUT2D eigenvalue weighted by Crippen LogP contribution is 2.10. The maximum absolute atomic E-state index is 11.8. The summed E-state index contributed by atoms with van der Waals surface area (Å²) >= 11 is 0. The zero-order valence-electron chi connectivity index (χ0n) is 11.4. The third-order valence-corrected chi connectivity index (χ3v) is 3.06. The van der Waals surface area contributed by atoms with Gasteiger partial charge in [-0.05, 0) is 26.3 Å². The van der Waals surface area contributed by atoms with Crippen molar-refractivity contribution < 1.29 is 9.53 Å². The van der Waals surface area contributed by atoms with Crippen molar-refractivity contribution in [2.24, 2.45) is 0 Å². The zero-order chi connectivity index (χ0) is 13.8. The summed E-state index contributed by atoms with van der Waals surface area (Å²) in [7, 11) is 0. The molecule has 2 aromatic heterocycles. The number of aromatic amines is 1. The largest absolute Gasteiger partial charge is 0.462 e. The fourth-order valence-electron chi connectivity index (χ4n) is 1.91. The maximum atomic E-state index is 11.8. The minimum Gasteiger partial charge on any atom is -0.462 e. The number of hydrogen-bond acceptors (Lipinski definition) is 4. The van der Waals surface area contributed by atoms with Gasteiger partial charge in [-0.2, -0.15) is 10.2 Å². The van der Waals surface area contributed by atoms with E-state index in [2.05, 4.69) is 15.3 Å². The quantitative estimate of drug-likeness (QED) is 0.831. The number of carbonyl (C=O) groups is 1. The van der Waals surface area contributed by atoms with Crippen molar-refractivity contribution in [3.05, 3.63) is 34.9 Å². The van der Waals surface area contributed by atoms with Crippen LogP contribution < -0.4 is 0 Å². The molecule has 0 radical (unpaired) electrons. The van der Waals surface area contributed by atoms with Crippen molar-refractivity contribution in [3.8, 4) is 0 Å². The standard InChI is InChI=1S/C13H18N4O2/c1-4-17-8-11(7-14-17)13(18)19-6-5-12-9(2)15-16-10(12)3/h7-8H,4-6H2,1-3H3,(H,15,16). The second-order valence-corrected chi connectivity index (χ2v) is 4.38. The van der Waals surface area contributed by atoms with E-state index in [0.29, 0.717) is 18.6 Å².